The van der Waals surface area contributed by atoms with Gasteiger partial charge in [0, 0.05) is 10.7 Å². The van der Waals surface area contributed by atoms with Gasteiger partial charge >= 0.3 is 6.18 Å². The number of alkyl halides is 3. The highest BCUT2D eigenvalue weighted by Gasteiger charge is 2.30. The summed E-state index contributed by atoms with van der Waals surface area (Å²) < 4.78 is 60.0. The summed E-state index contributed by atoms with van der Waals surface area (Å²) in [4.78, 5) is 3.49. The van der Waals surface area contributed by atoms with E-state index >= 15 is 0 Å². The number of nitrogens with one attached hydrogen (secondary N) is 1. The molecule has 0 radical (unpaired) electrons. The van der Waals surface area contributed by atoms with Gasteiger partial charge in [-0.1, -0.05) is 0 Å². The SMILES string of the molecule is O=S(=O)(NCC(F)(F)F)c1ccc(Br)cn1. The molecule has 0 saturated carbocycles. The van der Waals surface area contributed by atoms with Crippen molar-refractivity contribution in [2.24, 2.45) is 0 Å². The predicted octanol–water partition coefficient (Wildman–Crippen LogP) is 1.68. The smallest absolute Gasteiger partial charge is 0.242 e. The summed E-state index contributed by atoms with van der Waals surface area (Å²) >= 11 is 3.03. The van der Waals surface area contributed by atoms with Crippen molar-refractivity contribution < 1.29 is 21.6 Å². The Morgan fingerprint density at radius 3 is 2.44 bits per heavy atom. The van der Waals surface area contributed by atoms with Gasteiger partial charge in [0.15, 0.2) is 5.03 Å². The van der Waals surface area contributed by atoms with E-state index in [-0.39, 0.29) is 0 Å². The number of aromatic nitrogens is 1. The van der Waals surface area contributed by atoms with Gasteiger partial charge in [0.2, 0.25) is 0 Å². The number of hydrogen-bond acceptors (Lipinski definition) is 3. The Kier molecular flexibility index (Phi) is 3.92. The molecule has 90 valence electrons. The van der Waals surface area contributed by atoms with Gasteiger partial charge in [0.05, 0.1) is 0 Å². The molecule has 0 bridgehead atoms. The minimum atomic E-state index is -4.59. The van der Waals surface area contributed by atoms with E-state index in [2.05, 4.69) is 20.9 Å². The van der Waals surface area contributed by atoms with Crippen molar-refractivity contribution in [1.29, 1.82) is 0 Å². The van der Waals surface area contributed by atoms with Gasteiger partial charge in [-0.25, -0.2) is 18.1 Å². The van der Waals surface area contributed by atoms with Crippen molar-refractivity contribution in [1.82, 2.24) is 9.71 Å². The summed E-state index contributed by atoms with van der Waals surface area (Å²) in [5.74, 6) is 0. The maximum Gasteiger partial charge on any atom is 0.402 e. The van der Waals surface area contributed by atoms with Crippen LogP contribution in [0.4, 0.5) is 13.2 Å². The Hall–Kier alpha value is -0.670. The van der Waals surface area contributed by atoms with Crippen LogP contribution in [0.2, 0.25) is 0 Å². The summed E-state index contributed by atoms with van der Waals surface area (Å²) in [6.07, 6.45) is -3.41. The van der Waals surface area contributed by atoms with Crippen molar-refractivity contribution in [3.05, 3.63) is 22.8 Å². The largest absolute Gasteiger partial charge is 0.402 e. The molecule has 16 heavy (non-hydrogen) atoms. The highest BCUT2D eigenvalue weighted by atomic mass is 79.9. The standard InChI is InChI=1S/C7H6BrF3N2O2S/c8-5-1-2-6(12-3-5)16(14,15)13-4-7(9,10)11/h1-3,13H,4H2. The molecule has 0 aliphatic rings. The monoisotopic (exact) mass is 318 g/mol. The van der Waals surface area contributed by atoms with Crippen molar-refractivity contribution in [3.8, 4) is 0 Å². The van der Waals surface area contributed by atoms with Gasteiger partial charge in [-0.2, -0.15) is 13.2 Å². The second-order valence-corrected chi connectivity index (χ2v) is 5.38. The fraction of sp³-hybridized carbons (Fsp3) is 0.286. The lowest BCUT2D eigenvalue weighted by Gasteiger charge is -2.08. The molecule has 1 aromatic rings. The lowest BCUT2D eigenvalue weighted by molar-refractivity contribution is -0.121. The lowest BCUT2D eigenvalue weighted by Crippen LogP contribution is -2.34. The molecule has 0 amide bonds. The third-order valence-electron chi connectivity index (χ3n) is 1.44. The Balaban J connectivity index is 2.83. The van der Waals surface area contributed by atoms with Crippen molar-refractivity contribution in [3.63, 3.8) is 0 Å². The molecule has 9 heteroatoms. The number of sulfonamides is 1. The number of hydrogen-bond donors (Lipinski definition) is 1. The van der Waals surface area contributed by atoms with Crippen molar-refractivity contribution >= 4 is 26.0 Å². The Morgan fingerprint density at radius 2 is 2.00 bits per heavy atom. The summed E-state index contributed by atoms with van der Waals surface area (Å²) in [5, 5.41) is -0.458. The van der Waals surface area contributed by atoms with E-state index in [9.17, 15) is 21.6 Å². The minimum absolute atomic E-state index is 0.458. The molecule has 0 aliphatic heterocycles. The summed E-state index contributed by atoms with van der Waals surface area (Å²) in [5.41, 5.74) is 0. The Morgan fingerprint density at radius 1 is 1.38 bits per heavy atom. The third-order valence-corrected chi connectivity index (χ3v) is 3.22. The summed E-state index contributed by atoms with van der Waals surface area (Å²) in [7, 11) is -4.21. The van der Waals surface area contributed by atoms with Gasteiger partial charge in [-0.3, -0.25) is 0 Å². The van der Waals surface area contributed by atoms with Gasteiger partial charge in [-0.05, 0) is 28.1 Å². The second-order valence-electron chi connectivity index (χ2n) is 2.75. The van der Waals surface area contributed by atoms with Gasteiger partial charge in [-0.15, -0.1) is 0 Å². The lowest BCUT2D eigenvalue weighted by atomic mass is 10.5. The molecule has 4 nitrogen and oxygen atoms in total. The molecule has 0 aliphatic carbocycles. The van der Waals surface area contributed by atoms with E-state index in [1.165, 1.54) is 17.0 Å². The van der Waals surface area contributed by atoms with Crippen LogP contribution in [0.15, 0.2) is 27.8 Å². The molecule has 0 atom stereocenters. The van der Waals surface area contributed by atoms with E-state index in [4.69, 9.17) is 0 Å². The van der Waals surface area contributed by atoms with Crippen LogP contribution in [-0.4, -0.2) is 26.1 Å². The number of pyridine rings is 1. The molecule has 0 unspecified atom stereocenters. The van der Waals surface area contributed by atoms with Crippen molar-refractivity contribution in [2.75, 3.05) is 6.54 Å². The molecule has 1 heterocycles. The van der Waals surface area contributed by atoms with Crippen LogP contribution in [-0.2, 0) is 10.0 Å². The molecule has 1 aromatic heterocycles. The topological polar surface area (TPSA) is 59.1 Å². The van der Waals surface area contributed by atoms with E-state index in [1.807, 2.05) is 0 Å². The van der Waals surface area contributed by atoms with Crippen LogP contribution in [0, 0.1) is 0 Å². The van der Waals surface area contributed by atoms with Crippen molar-refractivity contribution in [2.45, 2.75) is 11.2 Å². The zero-order valence-electron chi connectivity index (χ0n) is 7.62. The van der Waals surface area contributed by atoms with E-state index in [0.717, 1.165) is 6.07 Å². The van der Waals surface area contributed by atoms with Crippen LogP contribution in [0.25, 0.3) is 0 Å². The highest BCUT2D eigenvalue weighted by molar-refractivity contribution is 9.10. The quantitative estimate of drug-likeness (QED) is 0.922. The maximum atomic E-state index is 11.8. The van der Waals surface area contributed by atoms with Crippen LogP contribution in [0.3, 0.4) is 0 Å². The molecule has 0 saturated heterocycles. The highest BCUT2D eigenvalue weighted by Crippen LogP contribution is 2.15. The average Bonchev–Trinajstić information content (AvgIpc) is 2.15. The zero-order valence-corrected chi connectivity index (χ0v) is 10.0. The number of nitrogens with zero attached hydrogens (tertiary/aromatic N) is 1. The molecule has 0 fully saturated rings. The zero-order chi connectivity index (χ0) is 12.4. The second kappa shape index (κ2) is 4.68. The van der Waals surface area contributed by atoms with Crippen LogP contribution >= 0.6 is 15.9 Å². The molecule has 0 aromatic carbocycles. The predicted molar refractivity (Wildman–Crippen MR) is 53.2 cm³/mol. The fourth-order valence-corrected chi connectivity index (χ4v) is 1.95. The molecular weight excluding hydrogens is 313 g/mol. The molecule has 0 spiro atoms. The Labute approximate surface area is 98.1 Å². The van der Waals surface area contributed by atoms with Crippen LogP contribution in [0.5, 0.6) is 0 Å². The van der Waals surface area contributed by atoms with Crippen LogP contribution in [0.1, 0.15) is 0 Å². The first kappa shape index (κ1) is 13.4. The van der Waals surface area contributed by atoms with Crippen LogP contribution < -0.4 is 4.72 Å². The maximum absolute atomic E-state index is 11.8. The van der Waals surface area contributed by atoms with Gasteiger partial charge < -0.3 is 0 Å². The molecular formula is C7H6BrF3N2O2S. The van der Waals surface area contributed by atoms with Gasteiger partial charge in [0.1, 0.15) is 6.54 Å². The fourth-order valence-electron chi connectivity index (χ4n) is 0.772. The first-order valence-electron chi connectivity index (χ1n) is 3.89. The number of halogens is 4. The normalized spacial score (nSPS) is 12.8. The van der Waals surface area contributed by atoms with E-state index < -0.39 is 27.8 Å². The first-order chi connectivity index (χ1) is 7.21. The Bertz CT molecular complexity index is 458. The van der Waals surface area contributed by atoms with E-state index in [0.29, 0.717) is 4.47 Å². The summed E-state index contributed by atoms with van der Waals surface area (Å²) in [6, 6.07) is 2.47. The molecule has 1 N–H and O–H groups in total. The average molecular weight is 319 g/mol. The van der Waals surface area contributed by atoms with Gasteiger partial charge in [0.25, 0.3) is 10.0 Å². The first-order valence-corrected chi connectivity index (χ1v) is 6.16. The number of rotatable bonds is 3. The minimum Gasteiger partial charge on any atom is -0.242 e. The van der Waals surface area contributed by atoms with E-state index in [1.54, 1.807) is 0 Å². The third kappa shape index (κ3) is 4.06. The molecule has 1 rings (SSSR count). The summed E-state index contributed by atoms with van der Waals surface area (Å²) in [6.45, 7) is -1.62.